The maximum absolute atomic E-state index is 13.1. The topological polar surface area (TPSA) is 41.4 Å². The number of aryl methyl sites for hydroxylation is 3. The molecular weight excluding hydrogens is 324 g/mol. The summed E-state index contributed by atoms with van der Waals surface area (Å²) in [5, 5.41) is 4.49. The Bertz CT molecular complexity index is 763. The summed E-state index contributed by atoms with van der Waals surface area (Å²) in [5.41, 5.74) is 4.13. The van der Waals surface area contributed by atoms with E-state index in [4.69, 9.17) is 0 Å². The van der Waals surface area contributed by atoms with E-state index in [1.807, 2.05) is 22.7 Å². The smallest absolute Gasteiger partial charge is 0.257 e. The van der Waals surface area contributed by atoms with Crippen LogP contribution in [0.25, 0.3) is 0 Å². The van der Waals surface area contributed by atoms with E-state index in [0.29, 0.717) is 12.0 Å². The lowest BCUT2D eigenvalue weighted by atomic mass is 9.93. The minimum Gasteiger partial charge on any atom is -0.336 e. The van der Waals surface area contributed by atoms with Crippen molar-refractivity contribution in [1.82, 2.24) is 19.6 Å². The second-order valence-corrected chi connectivity index (χ2v) is 7.65. The normalized spacial score (nSPS) is 20.2. The molecule has 1 amide bonds. The first-order valence-corrected chi connectivity index (χ1v) is 9.47. The first-order chi connectivity index (χ1) is 12.4. The standard InChI is InChI=1S/C21H30N4O/c1-6-11-25-13-18(16(3)22-25)21(26)24-12-19(20(14-24)23(4)5)17-9-7-15(2)8-10-17/h7-10,13,19-20H,6,11-12,14H2,1-5H3/t19-,20+/m0/s1. The molecule has 0 bridgehead atoms. The zero-order chi connectivity index (χ0) is 18.8. The van der Waals surface area contributed by atoms with Gasteiger partial charge in [-0.25, -0.2) is 0 Å². The number of carbonyl (C=O) groups is 1. The summed E-state index contributed by atoms with van der Waals surface area (Å²) < 4.78 is 1.89. The van der Waals surface area contributed by atoms with E-state index in [1.165, 1.54) is 11.1 Å². The zero-order valence-corrected chi connectivity index (χ0v) is 16.6. The molecule has 1 aromatic heterocycles. The maximum Gasteiger partial charge on any atom is 0.257 e. The van der Waals surface area contributed by atoms with Crippen LogP contribution in [-0.2, 0) is 6.54 Å². The molecular formula is C21H30N4O. The van der Waals surface area contributed by atoms with Crippen LogP contribution >= 0.6 is 0 Å². The van der Waals surface area contributed by atoms with Gasteiger partial charge < -0.3 is 9.80 Å². The largest absolute Gasteiger partial charge is 0.336 e. The molecule has 0 N–H and O–H groups in total. The number of hydrogen-bond donors (Lipinski definition) is 0. The maximum atomic E-state index is 13.1. The molecule has 0 unspecified atom stereocenters. The minimum absolute atomic E-state index is 0.103. The number of rotatable bonds is 5. The van der Waals surface area contributed by atoms with E-state index in [9.17, 15) is 4.79 Å². The minimum atomic E-state index is 0.103. The highest BCUT2D eigenvalue weighted by Crippen LogP contribution is 2.31. The van der Waals surface area contributed by atoms with Gasteiger partial charge in [0.15, 0.2) is 0 Å². The summed E-state index contributed by atoms with van der Waals surface area (Å²) in [5.74, 6) is 0.437. The van der Waals surface area contributed by atoms with Gasteiger partial charge in [-0.05, 0) is 39.9 Å². The fourth-order valence-corrected chi connectivity index (χ4v) is 3.86. The highest BCUT2D eigenvalue weighted by molar-refractivity contribution is 5.95. The molecule has 26 heavy (non-hydrogen) atoms. The van der Waals surface area contributed by atoms with Crippen LogP contribution in [0.5, 0.6) is 0 Å². The third-order valence-electron chi connectivity index (χ3n) is 5.37. The summed E-state index contributed by atoms with van der Waals surface area (Å²) in [6, 6.07) is 9.05. The van der Waals surface area contributed by atoms with Crippen LogP contribution in [0.15, 0.2) is 30.5 Å². The SMILES string of the molecule is CCCn1cc(C(=O)N2C[C@@H](N(C)C)[C@H](c3ccc(C)cc3)C2)c(C)n1. The fraction of sp³-hybridized carbons (Fsp3) is 0.524. The molecule has 0 spiro atoms. The number of hydrogen-bond acceptors (Lipinski definition) is 3. The molecule has 140 valence electrons. The van der Waals surface area contributed by atoms with E-state index in [-0.39, 0.29) is 5.91 Å². The Morgan fingerprint density at radius 2 is 1.88 bits per heavy atom. The number of likely N-dealkylation sites (N-methyl/N-ethyl adjacent to an activating group) is 1. The van der Waals surface area contributed by atoms with E-state index in [0.717, 1.165) is 37.3 Å². The van der Waals surface area contributed by atoms with Crippen LogP contribution in [0.4, 0.5) is 0 Å². The molecule has 5 heteroatoms. The zero-order valence-electron chi connectivity index (χ0n) is 16.6. The lowest BCUT2D eigenvalue weighted by Crippen LogP contribution is -2.35. The van der Waals surface area contributed by atoms with Gasteiger partial charge in [-0.15, -0.1) is 0 Å². The first-order valence-electron chi connectivity index (χ1n) is 9.47. The highest BCUT2D eigenvalue weighted by Gasteiger charge is 2.38. The van der Waals surface area contributed by atoms with Gasteiger partial charge in [-0.2, -0.15) is 5.10 Å². The summed E-state index contributed by atoms with van der Waals surface area (Å²) in [6.07, 6.45) is 2.92. The Morgan fingerprint density at radius 3 is 2.50 bits per heavy atom. The molecule has 3 rings (SSSR count). The van der Waals surface area contributed by atoms with Gasteiger partial charge in [0, 0.05) is 37.8 Å². The van der Waals surface area contributed by atoms with Gasteiger partial charge in [0.05, 0.1) is 11.3 Å². The Labute approximate surface area is 156 Å². The summed E-state index contributed by atoms with van der Waals surface area (Å²) in [6.45, 7) is 8.50. The predicted octanol–water partition coefficient (Wildman–Crippen LogP) is 3.08. The van der Waals surface area contributed by atoms with Gasteiger partial charge in [0.2, 0.25) is 0 Å². The average Bonchev–Trinajstić information content (AvgIpc) is 3.19. The van der Waals surface area contributed by atoms with Crippen molar-refractivity contribution in [1.29, 1.82) is 0 Å². The van der Waals surface area contributed by atoms with Crippen molar-refractivity contribution in [3.05, 3.63) is 52.8 Å². The number of likely N-dealkylation sites (tertiary alicyclic amines) is 1. The third-order valence-corrected chi connectivity index (χ3v) is 5.37. The number of benzene rings is 1. The number of nitrogens with zero attached hydrogens (tertiary/aromatic N) is 4. The molecule has 2 atom stereocenters. The Morgan fingerprint density at radius 1 is 1.19 bits per heavy atom. The van der Waals surface area contributed by atoms with Crippen molar-refractivity contribution in [2.45, 2.75) is 45.7 Å². The van der Waals surface area contributed by atoms with Crippen molar-refractivity contribution < 1.29 is 4.79 Å². The fourth-order valence-electron chi connectivity index (χ4n) is 3.86. The Kier molecular flexibility index (Phi) is 5.47. The number of aromatic nitrogens is 2. The van der Waals surface area contributed by atoms with Gasteiger partial charge in [-0.3, -0.25) is 9.48 Å². The Balaban J connectivity index is 1.83. The molecule has 1 aliphatic rings. The quantitative estimate of drug-likeness (QED) is 0.829. The van der Waals surface area contributed by atoms with Crippen LogP contribution < -0.4 is 0 Å². The van der Waals surface area contributed by atoms with Crippen LogP contribution in [0.2, 0.25) is 0 Å². The Hall–Kier alpha value is -2.14. The number of carbonyl (C=O) groups excluding carboxylic acids is 1. The lowest BCUT2D eigenvalue weighted by Gasteiger charge is -2.25. The molecule has 1 aromatic carbocycles. The molecule has 0 saturated carbocycles. The molecule has 2 aromatic rings. The average molecular weight is 354 g/mol. The predicted molar refractivity (Wildman–Crippen MR) is 105 cm³/mol. The molecule has 1 saturated heterocycles. The van der Waals surface area contributed by atoms with Crippen molar-refractivity contribution in [3.8, 4) is 0 Å². The van der Waals surface area contributed by atoms with Crippen LogP contribution in [0.1, 0.15) is 46.4 Å². The summed E-state index contributed by atoms with van der Waals surface area (Å²) in [7, 11) is 4.20. The van der Waals surface area contributed by atoms with E-state index in [1.54, 1.807) is 0 Å². The van der Waals surface area contributed by atoms with Gasteiger partial charge in [-0.1, -0.05) is 36.8 Å². The molecule has 1 fully saturated rings. The number of amides is 1. The van der Waals surface area contributed by atoms with E-state index >= 15 is 0 Å². The highest BCUT2D eigenvalue weighted by atomic mass is 16.2. The van der Waals surface area contributed by atoms with Crippen molar-refractivity contribution in [3.63, 3.8) is 0 Å². The molecule has 0 radical (unpaired) electrons. The second-order valence-electron chi connectivity index (χ2n) is 7.65. The second kappa shape index (κ2) is 7.62. The monoisotopic (exact) mass is 354 g/mol. The third kappa shape index (κ3) is 3.68. The molecule has 2 heterocycles. The van der Waals surface area contributed by atoms with Crippen molar-refractivity contribution >= 4 is 5.91 Å². The van der Waals surface area contributed by atoms with E-state index in [2.05, 4.69) is 62.2 Å². The summed E-state index contributed by atoms with van der Waals surface area (Å²) >= 11 is 0. The first kappa shape index (κ1) is 18.6. The van der Waals surface area contributed by atoms with Crippen LogP contribution in [0.3, 0.4) is 0 Å². The summed E-state index contributed by atoms with van der Waals surface area (Å²) in [4.78, 5) is 17.4. The molecule has 1 aliphatic heterocycles. The van der Waals surface area contributed by atoms with Crippen LogP contribution in [0, 0.1) is 13.8 Å². The van der Waals surface area contributed by atoms with Gasteiger partial charge >= 0.3 is 0 Å². The van der Waals surface area contributed by atoms with E-state index < -0.39 is 0 Å². The van der Waals surface area contributed by atoms with Gasteiger partial charge in [0.25, 0.3) is 5.91 Å². The van der Waals surface area contributed by atoms with Gasteiger partial charge in [0.1, 0.15) is 0 Å². The van der Waals surface area contributed by atoms with Crippen LogP contribution in [-0.4, -0.2) is 58.7 Å². The molecule has 5 nitrogen and oxygen atoms in total. The van der Waals surface area contributed by atoms with Crippen molar-refractivity contribution in [2.75, 3.05) is 27.2 Å². The lowest BCUT2D eigenvalue weighted by molar-refractivity contribution is 0.0781. The molecule has 0 aliphatic carbocycles. The van der Waals surface area contributed by atoms with Crippen molar-refractivity contribution in [2.24, 2.45) is 0 Å².